The first kappa shape index (κ1) is 11.2. The molecule has 1 aromatic heterocycles. The van der Waals surface area contributed by atoms with Crippen LogP contribution in [0.2, 0.25) is 0 Å². The van der Waals surface area contributed by atoms with Crippen molar-refractivity contribution in [3.63, 3.8) is 0 Å². The number of aliphatic carboxylic acids is 1. The fourth-order valence-corrected chi connectivity index (χ4v) is 4.03. The van der Waals surface area contributed by atoms with Crippen LogP contribution >= 0.6 is 11.3 Å². The van der Waals surface area contributed by atoms with Gasteiger partial charge < -0.3 is 9.84 Å². The summed E-state index contributed by atoms with van der Waals surface area (Å²) in [5.74, 6) is -0.382. The third-order valence-electron chi connectivity index (χ3n) is 3.64. The summed E-state index contributed by atoms with van der Waals surface area (Å²) in [5.41, 5.74) is 0.871. The zero-order valence-corrected chi connectivity index (χ0v) is 10.5. The Morgan fingerprint density at radius 2 is 2.41 bits per heavy atom. The molecule has 0 spiro atoms. The van der Waals surface area contributed by atoms with Crippen molar-refractivity contribution in [2.24, 2.45) is 0 Å². The summed E-state index contributed by atoms with van der Waals surface area (Å²) in [6, 6.07) is 0. The highest BCUT2D eigenvalue weighted by Gasteiger charge is 2.43. The van der Waals surface area contributed by atoms with Crippen molar-refractivity contribution in [1.82, 2.24) is 4.98 Å². The van der Waals surface area contributed by atoms with Gasteiger partial charge in [0.05, 0.1) is 29.3 Å². The monoisotopic (exact) mass is 253 g/mol. The number of carbonyl (C=O) groups is 1. The van der Waals surface area contributed by atoms with Crippen molar-refractivity contribution in [2.45, 2.75) is 50.7 Å². The van der Waals surface area contributed by atoms with E-state index in [1.807, 2.05) is 6.92 Å². The predicted molar refractivity (Wildman–Crippen MR) is 63.4 cm³/mol. The summed E-state index contributed by atoms with van der Waals surface area (Å²) in [4.78, 5) is 16.2. The van der Waals surface area contributed by atoms with Gasteiger partial charge in [0.25, 0.3) is 0 Å². The first-order chi connectivity index (χ1) is 8.13. The van der Waals surface area contributed by atoms with E-state index in [0.717, 1.165) is 28.4 Å². The van der Waals surface area contributed by atoms with Gasteiger partial charge in [0.1, 0.15) is 0 Å². The zero-order chi connectivity index (χ0) is 12.0. The Labute approximate surface area is 104 Å². The second-order valence-corrected chi connectivity index (χ2v) is 5.96. The molecule has 0 radical (unpaired) electrons. The van der Waals surface area contributed by atoms with E-state index < -0.39 is 5.97 Å². The molecule has 4 nitrogen and oxygen atoms in total. The van der Waals surface area contributed by atoms with Gasteiger partial charge in [-0.05, 0) is 26.2 Å². The number of aryl methyl sites for hydroxylation is 1. The molecule has 5 heteroatoms. The molecule has 3 atom stereocenters. The maximum absolute atomic E-state index is 10.7. The SMILES string of the molecule is Cc1nc(C2CC3CCC2O3)sc1CC(=O)O. The summed E-state index contributed by atoms with van der Waals surface area (Å²) in [6.45, 7) is 1.90. The molecule has 2 aliphatic rings. The number of hydrogen-bond acceptors (Lipinski definition) is 4. The summed E-state index contributed by atoms with van der Waals surface area (Å²) >= 11 is 1.55. The van der Waals surface area contributed by atoms with Crippen LogP contribution in [0.25, 0.3) is 0 Å². The lowest BCUT2D eigenvalue weighted by atomic mass is 9.90. The van der Waals surface area contributed by atoms with Gasteiger partial charge in [0.15, 0.2) is 0 Å². The largest absolute Gasteiger partial charge is 0.481 e. The number of hydrogen-bond donors (Lipinski definition) is 1. The lowest BCUT2D eigenvalue weighted by molar-refractivity contribution is -0.136. The Kier molecular flexibility index (Phi) is 2.67. The molecule has 2 fully saturated rings. The first-order valence-electron chi connectivity index (χ1n) is 5.97. The average molecular weight is 253 g/mol. The van der Waals surface area contributed by atoms with E-state index in [-0.39, 0.29) is 6.42 Å². The minimum absolute atomic E-state index is 0.0885. The second-order valence-electron chi connectivity index (χ2n) is 4.85. The Hall–Kier alpha value is -0.940. The third-order valence-corrected chi connectivity index (χ3v) is 4.93. The third kappa shape index (κ3) is 1.98. The van der Waals surface area contributed by atoms with E-state index in [1.165, 1.54) is 6.42 Å². The number of nitrogens with zero attached hydrogens (tertiary/aromatic N) is 1. The standard InChI is InChI=1S/C12H15NO3S/c1-6-10(5-11(14)15)17-12(13-6)8-4-7-2-3-9(8)16-7/h7-9H,2-5H2,1H3,(H,14,15). The van der Waals surface area contributed by atoms with Crippen LogP contribution < -0.4 is 0 Å². The Bertz CT molecular complexity index is 457. The number of rotatable bonds is 3. The molecule has 0 saturated carbocycles. The normalized spacial score (nSPS) is 31.0. The molecular weight excluding hydrogens is 238 g/mol. The van der Waals surface area contributed by atoms with Crippen LogP contribution in [0, 0.1) is 6.92 Å². The van der Waals surface area contributed by atoms with Crippen molar-refractivity contribution >= 4 is 17.3 Å². The molecule has 0 aromatic carbocycles. The molecule has 3 unspecified atom stereocenters. The molecule has 92 valence electrons. The first-order valence-corrected chi connectivity index (χ1v) is 6.78. The van der Waals surface area contributed by atoms with E-state index in [0.29, 0.717) is 18.1 Å². The fourth-order valence-electron chi connectivity index (χ4n) is 2.81. The number of ether oxygens (including phenoxy) is 1. The minimum atomic E-state index is -0.785. The number of carboxylic acids is 1. The highest BCUT2D eigenvalue weighted by Crippen LogP contribution is 2.45. The molecule has 3 rings (SSSR count). The average Bonchev–Trinajstić information content (AvgIpc) is 2.93. The van der Waals surface area contributed by atoms with Crippen LogP contribution in [0.3, 0.4) is 0 Å². The van der Waals surface area contributed by atoms with E-state index in [9.17, 15) is 4.79 Å². The smallest absolute Gasteiger partial charge is 0.308 e. The Morgan fingerprint density at radius 3 is 3.00 bits per heavy atom. The van der Waals surface area contributed by atoms with E-state index >= 15 is 0 Å². The molecule has 2 aliphatic heterocycles. The lowest BCUT2D eigenvalue weighted by Crippen LogP contribution is -2.13. The van der Waals surface area contributed by atoms with Crippen LogP contribution in [0.5, 0.6) is 0 Å². The maximum atomic E-state index is 10.7. The number of carboxylic acid groups (broad SMARTS) is 1. The van der Waals surface area contributed by atoms with E-state index in [4.69, 9.17) is 9.84 Å². The van der Waals surface area contributed by atoms with Crippen LogP contribution in [0.4, 0.5) is 0 Å². The molecule has 1 aromatic rings. The molecule has 0 aliphatic carbocycles. The van der Waals surface area contributed by atoms with Crippen LogP contribution in [0.15, 0.2) is 0 Å². The fraction of sp³-hybridized carbons (Fsp3) is 0.667. The van der Waals surface area contributed by atoms with E-state index in [1.54, 1.807) is 11.3 Å². The van der Waals surface area contributed by atoms with Crippen molar-refractivity contribution in [1.29, 1.82) is 0 Å². The zero-order valence-electron chi connectivity index (χ0n) is 9.68. The van der Waals surface area contributed by atoms with Crippen molar-refractivity contribution < 1.29 is 14.6 Å². The highest BCUT2D eigenvalue weighted by molar-refractivity contribution is 7.12. The highest BCUT2D eigenvalue weighted by atomic mass is 32.1. The summed E-state index contributed by atoms with van der Waals surface area (Å²) in [5, 5.41) is 9.90. The van der Waals surface area contributed by atoms with E-state index in [2.05, 4.69) is 4.98 Å². The number of thiazole rings is 1. The molecule has 2 saturated heterocycles. The summed E-state index contributed by atoms with van der Waals surface area (Å²) < 4.78 is 5.82. The van der Waals surface area contributed by atoms with Crippen LogP contribution in [-0.4, -0.2) is 28.3 Å². The number of fused-ring (bicyclic) bond motifs is 2. The summed E-state index contributed by atoms with van der Waals surface area (Å²) in [7, 11) is 0. The quantitative estimate of drug-likeness (QED) is 0.896. The van der Waals surface area contributed by atoms with Gasteiger partial charge >= 0.3 is 5.97 Å². The molecule has 2 bridgehead atoms. The molecule has 0 amide bonds. The van der Waals surface area contributed by atoms with Crippen LogP contribution in [-0.2, 0) is 16.0 Å². The minimum Gasteiger partial charge on any atom is -0.481 e. The predicted octanol–water partition coefficient (Wildman–Crippen LogP) is 2.11. The Morgan fingerprint density at radius 1 is 1.59 bits per heavy atom. The van der Waals surface area contributed by atoms with Gasteiger partial charge in [-0.1, -0.05) is 0 Å². The lowest BCUT2D eigenvalue weighted by Gasteiger charge is -2.15. The van der Waals surface area contributed by atoms with Crippen molar-refractivity contribution in [3.05, 3.63) is 15.6 Å². The van der Waals surface area contributed by atoms with Gasteiger partial charge in [-0.2, -0.15) is 0 Å². The van der Waals surface area contributed by atoms with Gasteiger partial charge in [-0.15, -0.1) is 11.3 Å². The molecule has 1 N–H and O–H groups in total. The van der Waals surface area contributed by atoms with Crippen molar-refractivity contribution in [3.8, 4) is 0 Å². The topological polar surface area (TPSA) is 59.4 Å². The van der Waals surface area contributed by atoms with Crippen molar-refractivity contribution in [2.75, 3.05) is 0 Å². The Balaban J connectivity index is 1.82. The van der Waals surface area contributed by atoms with Gasteiger partial charge in [-0.3, -0.25) is 4.79 Å². The van der Waals surface area contributed by atoms with Gasteiger partial charge in [0, 0.05) is 10.8 Å². The molecular formula is C12H15NO3S. The maximum Gasteiger partial charge on any atom is 0.308 e. The molecule has 3 heterocycles. The van der Waals surface area contributed by atoms with Gasteiger partial charge in [-0.25, -0.2) is 4.98 Å². The second kappa shape index (κ2) is 4.07. The summed E-state index contributed by atoms with van der Waals surface area (Å²) in [6.07, 6.45) is 4.19. The molecule has 17 heavy (non-hydrogen) atoms. The van der Waals surface area contributed by atoms with Gasteiger partial charge in [0.2, 0.25) is 0 Å². The number of aromatic nitrogens is 1. The van der Waals surface area contributed by atoms with Crippen LogP contribution in [0.1, 0.15) is 40.8 Å².